The van der Waals surface area contributed by atoms with E-state index in [9.17, 15) is 9.90 Å². The van der Waals surface area contributed by atoms with E-state index in [1.165, 1.54) is 6.33 Å². The van der Waals surface area contributed by atoms with Gasteiger partial charge in [-0.15, -0.1) is 0 Å². The number of aromatic nitrogens is 4. The minimum absolute atomic E-state index is 0.181. The van der Waals surface area contributed by atoms with Gasteiger partial charge in [-0.25, -0.2) is 15.0 Å². The van der Waals surface area contributed by atoms with Crippen LogP contribution in [0.15, 0.2) is 43.0 Å². The molecule has 0 radical (unpaired) electrons. The van der Waals surface area contributed by atoms with E-state index in [0.717, 1.165) is 0 Å². The molecule has 1 unspecified atom stereocenters. The number of amides is 1. The van der Waals surface area contributed by atoms with E-state index in [1.54, 1.807) is 35.2 Å². The van der Waals surface area contributed by atoms with E-state index >= 15 is 0 Å². The summed E-state index contributed by atoms with van der Waals surface area (Å²) in [7, 11) is 0. The van der Waals surface area contributed by atoms with Crippen LogP contribution in [-0.2, 0) is 14.2 Å². The second kappa shape index (κ2) is 9.48. The molecule has 0 spiro atoms. The number of carbonyl (C=O) groups excluding carboxylic acids is 1. The molecule has 0 aliphatic carbocycles. The quantitative estimate of drug-likeness (QED) is 0.525. The fraction of sp³-hybridized carbons (Fsp3) is 0.429. The minimum atomic E-state index is -0.496. The van der Waals surface area contributed by atoms with Gasteiger partial charge in [0.25, 0.3) is 5.91 Å². The van der Waals surface area contributed by atoms with Gasteiger partial charge in [-0.05, 0) is 26.0 Å². The number of hydrogen-bond acceptors (Lipinski definition) is 8. The Morgan fingerprint density at radius 3 is 2.87 bits per heavy atom. The van der Waals surface area contributed by atoms with Gasteiger partial charge < -0.3 is 24.6 Å². The number of imidazole rings is 1. The Morgan fingerprint density at radius 1 is 1.32 bits per heavy atom. The summed E-state index contributed by atoms with van der Waals surface area (Å²) in [6.45, 7) is 4.05. The van der Waals surface area contributed by atoms with Crippen molar-refractivity contribution in [2.75, 3.05) is 18.5 Å². The molecule has 0 saturated carbocycles. The van der Waals surface area contributed by atoms with Gasteiger partial charge in [-0.1, -0.05) is 18.2 Å². The van der Waals surface area contributed by atoms with E-state index in [1.807, 2.05) is 19.9 Å². The molecular weight excluding hydrogens is 402 g/mol. The highest BCUT2D eigenvalue weighted by molar-refractivity contribution is 6.06. The zero-order chi connectivity index (χ0) is 21.8. The lowest BCUT2D eigenvalue weighted by Gasteiger charge is -2.21. The summed E-state index contributed by atoms with van der Waals surface area (Å²) < 4.78 is 19.1. The van der Waals surface area contributed by atoms with Crippen LogP contribution in [0, 0.1) is 0 Å². The first kappa shape index (κ1) is 21.3. The SMILES string of the molecule is CCOC(C)O[C@H]1C[C@H](n2cnc3c(NC(=O)c4ccccc4)ncnc32)O[C@@H]1CO. The molecule has 1 fully saturated rings. The number of fused-ring (bicyclic) bond motifs is 1. The molecule has 4 atom stereocenters. The van der Waals surface area contributed by atoms with Crippen LogP contribution in [0.3, 0.4) is 0 Å². The van der Waals surface area contributed by atoms with Gasteiger partial charge >= 0.3 is 0 Å². The Morgan fingerprint density at radius 2 is 2.13 bits per heavy atom. The molecule has 2 N–H and O–H groups in total. The number of nitrogens with one attached hydrogen (secondary N) is 1. The molecule has 164 valence electrons. The zero-order valence-corrected chi connectivity index (χ0v) is 17.3. The van der Waals surface area contributed by atoms with Crippen LogP contribution in [0.25, 0.3) is 11.2 Å². The van der Waals surface area contributed by atoms with Crippen LogP contribution in [0.4, 0.5) is 5.82 Å². The number of hydrogen-bond donors (Lipinski definition) is 2. The third kappa shape index (κ3) is 4.57. The van der Waals surface area contributed by atoms with Crippen molar-refractivity contribution in [2.45, 2.75) is 45.0 Å². The molecule has 1 aliphatic heterocycles. The summed E-state index contributed by atoms with van der Waals surface area (Å²) in [5, 5.41) is 12.5. The molecule has 4 rings (SSSR count). The van der Waals surface area contributed by atoms with Crippen molar-refractivity contribution in [2.24, 2.45) is 0 Å². The Bertz CT molecular complexity index is 1030. The van der Waals surface area contributed by atoms with Crippen molar-refractivity contribution in [3.8, 4) is 0 Å². The van der Waals surface area contributed by atoms with Gasteiger partial charge in [-0.2, -0.15) is 0 Å². The number of aliphatic hydroxyl groups excluding tert-OH is 1. The Balaban J connectivity index is 1.54. The lowest BCUT2D eigenvalue weighted by molar-refractivity contribution is -0.172. The summed E-state index contributed by atoms with van der Waals surface area (Å²) in [6, 6.07) is 8.86. The Hall–Kier alpha value is -2.92. The molecule has 3 aromatic rings. The highest BCUT2D eigenvalue weighted by atomic mass is 16.7. The van der Waals surface area contributed by atoms with Gasteiger partial charge in [0.05, 0.1) is 19.0 Å². The van der Waals surface area contributed by atoms with Crippen molar-refractivity contribution in [3.05, 3.63) is 48.5 Å². The number of ether oxygens (including phenoxy) is 3. The third-order valence-corrected chi connectivity index (χ3v) is 5.07. The van der Waals surface area contributed by atoms with Gasteiger partial charge in [-0.3, -0.25) is 9.36 Å². The highest BCUT2D eigenvalue weighted by Crippen LogP contribution is 2.33. The monoisotopic (exact) mass is 427 g/mol. The number of rotatable bonds is 8. The first-order valence-electron chi connectivity index (χ1n) is 10.2. The predicted octanol–water partition coefficient (Wildman–Crippen LogP) is 2.13. The van der Waals surface area contributed by atoms with Crippen molar-refractivity contribution in [1.82, 2.24) is 19.5 Å². The molecule has 10 nitrogen and oxygen atoms in total. The molecule has 1 saturated heterocycles. The number of anilines is 1. The number of nitrogens with zero attached hydrogens (tertiary/aromatic N) is 4. The standard InChI is InChI=1S/C21H25N5O5/c1-3-29-13(2)30-15-9-17(31-16(15)10-27)26-12-24-18-19(22-11-23-20(18)26)25-21(28)14-7-5-4-6-8-14/h4-8,11-13,15-17,27H,3,9-10H2,1-2H3,(H,22,23,25,28)/t13?,15-,16+,17+/m0/s1. The minimum Gasteiger partial charge on any atom is -0.394 e. The molecule has 3 heterocycles. The van der Waals surface area contributed by atoms with E-state index in [2.05, 4.69) is 20.3 Å². The average Bonchev–Trinajstić information content (AvgIpc) is 3.39. The fourth-order valence-corrected chi connectivity index (χ4v) is 3.62. The van der Waals surface area contributed by atoms with Crippen molar-refractivity contribution < 1.29 is 24.1 Å². The van der Waals surface area contributed by atoms with E-state index < -0.39 is 18.6 Å². The zero-order valence-electron chi connectivity index (χ0n) is 17.3. The van der Waals surface area contributed by atoms with Crippen molar-refractivity contribution in [3.63, 3.8) is 0 Å². The summed E-state index contributed by atoms with van der Waals surface area (Å²) >= 11 is 0. The molecule has 1 aliphatic rings. The molecule has 2 aromatic heterocycles. The second-order valence-corrected chi connectivity index (χ2v) is 7.11. The Labute approximate surface area is 179 Å². The van der Waals surface area contributed by atoms with Crippen LogP contribution in [0.5, 0.6) is 0 Å². The summed E-state index contributed by atoms with van der Waals surface area (Å²) in [5.74, 6) is 0.0260. The van der Waals surface area contributed by atoms with E-state index in [0.29, 0.717) is 35.6 Å². The van der Waals surface area contributed by atoms with Gasteiger partial charge in [0.15, 0.2) is 23.3 Å². The maximum absolute atomic E-state index is 12.5. The van der Waals surface area contributed by atoms with Gasteiger partial charge in [0, 0.05) is 18.6 Å². The lowest BCUT2D eigenvalue weighted by Crippen LogP contribution is -2.31. The van der Waals surface area contributed by atoms with Crippen molar-refractivity contribution >= 4 is 22.9 Å². The largest absolute Gasteiger partial charge is 0.394 e. The predicted molar refractivity (Wildman–Crippen MR) is 111 cm³/mol. The topological polar surface area (TPSA) is 121 Å². The van der Waals surface area contributed by atoms with E-state index in [-0.39, 0.29) is 18.6 Å². The smallest absolute Gasteiger partial charge is 0.256 e. The van der Waals surface area contributed by atoms with E-state index in [4.69, 9.17) is 14.2 Å². The number of benzene rings is 1. The molecule has 1 amide bonds. The number of carbonyl (C=O) groups is 1. The fourth-order valence-electron chi connectivity index (χ4n) is 3.62. The Kier molecular flexibility index (Phi) is 6.52. The number of aliphatic hydroxyl groups is 1. The van der Waals surface area contributed by atoms with Crippen LogP contribution in [-0.4, -0.2) is 62.2 Å². The second-order valence-electron chi connectivity index (χ2n) is 7.11. The average molecular weight is 427 g/mol. The summed E-state index contributed by atoms with van der Waals surface area (Å²) in [5.41, 5.74) is 1.48. The van der Waals surface area contributed by atoms with Crippen LogP contribution >= 0.6 is 0 Å². The van der Waals surface area contributed by atoms with Gasteiger partial charge in [0.2, 0.25) is 0 Å². The lowest BCUT2D eigenvalue weighted by atomic mass is 10.2. The molecule has 0 bridgehead atoms. The first-order chi connectivity index (χ1) is 15.1. The van der Waals surface area contributed by atoms with Crippen LogP contribution < -0.4 is 5.32 Å². The first-order valence-corrected chi connectivity index (χ1v) is 10.2. The highest BCUT2D eigenvalue weighted by Gasteiger charge is 2.38. The maximum Gasteiger partial charge on any atom is 0.256 e. The van der Waals surface area contributed by atoms with Crippen LogP contribution in [0.1, 0.15) is 36.9 Å². The molecular formula is C21H25N5O5. The van der Waals surface area contributed by atoms with Crippen molar-refractivity contribution in [1.29, 1.82) is 0 Å². The summed E-state index contributed by atoms with van der Waals surface area (Å²) in [4.78, 5) is 25.4. The van der Waals surface area contributed by atoms with Crippen LogP contribution in [0.2, 0.25) is 0 Å². The molecule has 1 aromatic carbocycles. The maximum atomic E-state index is 12.5. The molecule has 31 heavy (non-hydrogen) atoms. The summed E-state index contributed by atoms with van der Waals surface area (Å²) in [6.07, 6.45) is 1.76. The molecule has 10 heteroatoms. The van der Waals surface area contributed by atoms with Gasteiger partial charge in [0.1, 0.15) is 18.7 Å². The third-order valence-electron chi connectivity index (χ3n) is 5.07. The normalized spacial score (nSPS) is 22.0.